The summed E-state index contributed by atoms with van der Waals surface area (Å²) in [7, 11) is 0. The Morgan fingerprint density at radius 1 is 1.53 bits per heavy atom. The van der Waals surface area contributed by atoms with Crippen molar-refractivity contribution in [1.82, 2.24) is 0 Å². The zero-order valence-corrected chi connectivity index (χ0v) is 7.69. The molecule has 0 fully saturated rings. The van der Waals surface area contributed by atoms with Crippen LogP contribution in [0.4, 0.5) is 10.1 Å². The lowest BCUT2D eigenvalue weighted by Gasteiger charge is -2.02. The van der Waals surface area contributed by atoms with E-state index in [2.05, 4.69) is 0 Å². The second-order valence-electron chi connectivity index (χ2n) is 2.79. The summed E-state index contributed by atoms with van der Waals surface area (Å²) in [6.45, 7) is 1.14. The highest BCUT2D eigenvalue weighted by Gasteiger charge is 2.24. The van der Waals surface area contributed by atoms with Crippen LogP contribution in [0.15, 0.2) is 12.1 Å². The fourth-order valence-electron chi connectivity index (χ4n) is 1.19. The van der Waals surface area contributed by atoms with Crippen LogP contribution in [-0.2, 0) is 0 Å². The maximum absolute atomic E-state index is 13.0. The minimum absolute atomic E-state index is 0.109. The first-order chi connectivity index (χ1) is 6.99. The number of hydrogen-bond donors (Lipinski definition) is 0. The van der Waals surface area contributed by atoms with Crippen molar-refractivity contribution in [3.05, 3.63) is 39.2 Å². The van der Waals surface area contributed by atoms with E-state index in [0.717, 1.165) is 19.1 Å². The quantitative estimate of drug-likeness (QED) is 0.330. The third-order valence-electron chi connectivity index (χ3n) is 1.85. The number of nitro groups is 1. The van der Waals surface area contributed by atoms with Gasteiger partial charge in [0.1, 0.15) is 5.56 Å². The first-order valence-corrected chi connectivity index (χ1v) is 3.92. The average molecular weight is 211 g/mol. The van der Waals surface area contributed by atoms with Crippen LogP contribution < -0.4 is 0 Å². The first-order valence-electron chi connectivity index (χ1n) is 3.92. The molecule has 0 saturated heterocycles. The molecule has 15 heavy (non-hydrogen) atoms. The Kier molecular flexibility index (Phi) is 2.89. The predicted molar refractivity (Wildman–Crippen MR) is 48.4 cm³/mol. The molecule has 0 aliphatic carbocycles. The van der Waals surface area contributed by atoms with E-state index in [9.17, 15) is 24.1 Å². The van der Waals surface area contributed by atoms with Crippen molar-refractivity contribution in [3.8, 4) is 0 Å². The summed E-state index contributed by atoms with van der Waals surface area (Å²) in [5.41, 5.74) is -1.64. The summed E-state index contributed by atoms with van der Waals surface area (Å²) in [5, 5.41) is 10.5. The summed E-state index contributed by atoms with van der Waals surface area (Å²) < 4.78 is 13.0. The Morgan fingerprint density at radius 2 is 2.13 bits per heavy atom. The molecule has 0 amide bonds. The van der Waals surface area contributed by atoms with Crippen molar-refractivity contribution < 1.29 is 18.9 Å². The molecule has 0 atom stereocenters. The van der Waals surface area contributed by atoms with E-state index in [1.165, 1.54) is 0 Å². The molecule has 0 unspecified atom stereocenters. The molecule has 0 heterocycles. The summed E-state index contributed by atoms with van der Waals surface area (Å²) in [6.07, 6.45) is 0.109. The van der Waals surface area contributed by atoms with E-state index in [1.807, 2.05) is 0 Å². The van der Waals surface area contributed by atoms with Crippen LogP contribution in [-0.4, -0.2) is 17.0 Å². The van der Waals surface area contributed by atoms with Crippen molar-refractivity contribution in [3.63, 3.8) is 0 Å². The smallest absolute Gasteiger partial charge is 0.298 e. The van der Waals surface area contributed by atoms with E-state index < -0.39 is 27.8 Å². The van der Waals surface area contributed by atoms with Gasteiger partial charge in [-0.15, -0.1) is 0 Å². The third kappa shape index (κ3) is 1.88. The van der Waals surface area contributed by atoms with Crippen molar-refractivity contribution >= 4 is 17.8 Å². The van der Waals surface area contributed by atoms with E-state index in [4.69, 9.17) is 0 Å². The monoisotopic (exact) mass is 211 g/mol. The molecular weight excluding hydrogens is 205 g/mol. The van der Waals surface area contributed by atoms with Gasteiger partial charge in [0, 0.05) is 5.56 Å². The molecule has 5 nitrogen and oxygen atoms in total. The van der Waals surface area contributed by atoms with Gasteiger partial charge >= 0.3 is 5.69 Å². The molecule has 0 aliphatic heterocycles. The topological polar surface area (TPSA) is 77.3 Å². The van der Waals surface area contributed by atoms with E-state index in [1.54, 1.807) is 0 Å². The molecular formula is C9H6FNO4. The number of nitro benzene ring substituents is 1. The maximum atomic E-state index is 13.0. The van der Waals surface area contributed by atoms with Crippen LogP contribution >= 0.6 is 0 Å². The van der Waals surface area contributed by atoms with Crippen molar-refractivity contribution in [1.29, 1.82) is 0 Å². The number of carbonyl (C=O) groups is 2. The lowest BCUT2D eigenvalue weighted by molar-refractivity contribution is -0.387. The van der Waals surface area contributed by atoms with Crippen LogP contribution in [0.3, 0.4) is 0 Å². The normalized spacial score (nSPS) is 9.73. The highest BCUT2D eigenvalue weighted by atomic mass is 19.1. The molecule has 78 valence electrons. The SMILES string of the molecule is CC(=O)c1ccc(F)c([N+](=O)[O-])c1C=O. The number of nitrogens with zero attached hydrogens (tertiary/aromatic N) is 1. The Hall–Kier alpha value is -2.11. The number of ketones is 1. The van der Waals surface area contributed by atoms with Gasteiger partial charge in [-0.25, -0.2) is 0 Å². The van der Waals surface area contributed by atoms with Gasteiger partial charge in [-0.1, -0.05) is 0 Å². The number of benzene rings is 1. The Morgan fingerprint density at radius 3 is 2.53 bits per heavy atom. The molecule has 0 spiro atoms. The number of Topliss-reactive ketones (excluding diaryl/α,β-unsaturated/α-hetero) is 1. The van der Waals surface area contributed by atoms with Gasteiger partial charge < -0.3 is 0 Å². The van der Waals surface area contributed by atoms with Crippen LogP contribution in [0.25, 0.3) is 0 Å². The fraction of sp³-hybridized carbons (Fsp3) is 0.111. The molecule has 1 aromatic rings. The molecule has 1 aromatic carbocycles. The second-order valence-corrected chi connectivity index (χ2v) is 2.79. The molecule has 0 radical (unpaired) electrons. The lowest BCUT2D eigenvalue weighted by atomic mass is 10.0. The molecule has 1 rings (SSSR count). The van der Waals surface area contributed by atoms with Gasteiger partial charge in [-0.2, -0.15) is 4.39 Å². The minimum atomic E-state index is -1.13. The lowest BCUT2D eigenvalue weighted by Crippen LogP contribution is -2.05. The number of halogens is 1. The first kappa shape index (κ1) is 11.0. The average Bonchev–Trinajstić information content (AvgIpc) is 2.15. The second kappa shape index (κ2) is 3.95. The molecule has 0 bridgehead atoms. The summed E-state index contributed by atoms with van der Waals surface area (Å²) in [4.78, 5) is 31.0. The summed E-state index contributed by atoms with van der Waals surface area (Å²) in [6, 6.07) is 1.84. The van der Waals surface area contributed by atoms with E-state index >= 15 is 0 Å². The summed E-state index contributed by atoms with van der Waals surface area (Å²) in [5.74, 6) is -1.66. The number of hydrogen-bond acceptors (Lipinski definition) is 4. The molecule has 0 N–H and O–H groups in total. The molecule has 0 saturated carbocycles. The largest absolute Gasteiger partial charge is 0.315 e. The number of aldehydes is 1. The standard InChI is InChI=1S/C9H6FNO4/c1-5(13)6-2-3-8(10)9(11(14)15)7(6)4-12/h2-4H,1H3. The van der Waals surface area contributed by atoms with Crippen molar-refractivity contribution in [2.45, 2.75) is 6.92 Å². The predicted octanol–water partition coefficient (Wildman–Crippen LogP) is 1.75. The molecule has 0 aromatic heterocycles. The van der Waals surface area contributed by atoms with Gasteiger partial charge in [0.05, 0.1) is 4.92 Å². The van der Waals surface area contributed by atoms with Crippen molar-refractivity contribution in [2.75, 3.05) is 0 Å². The van der Waals surface area contributed by atoms with Gasteiger partial charge in [0.15, 0.2) is 12.1 Å². The van der Waals surface area contributed by atoms with Gasteiger partial charge in [-0.05, 0) is 19.1 Å². The highest BCUT2D eigenvalue weighted by molar-refractivity contribution is 6.03. The molecule has 6 heteroatoms. The fourth-order valence-corrected chi connectivity index (χ4v) is 1.19. The zero-order valence-electron chi connectivity index (χ0n) is 7.69. The Bertz CT molecular complexity index is 456. The van der Waals surface area contributed by atoms with Crippen LogP contribution in [0, 0.1) is 15.9 Å². The molecule has 0 aliphatic rings. The minimum Gasteiger partial charge on any atom is -0.298 e. The van der Waals surface area contributed by atoms with Crippen molar-refractivity contribution in [2.24, 2.45) is 0 Å². The zero-order chi connectivity index (χ0) is 11.6. The highest BCUT2D eigenvalue weighted by Crippen LogP contribution is 2.24. The van der Waals surface area contributed by atoms with Crippen LogP contribution in [0.5, 0.6) is 0 Å². The van der Waals surface area contributed by atoms with Crippen LogP contribution in [0.2, 0.25) is 0 Å². The van der Waals surface area contributed by atoms with E-state index in [-0.39, 0.29) is 11.8 Å². The summed E-state index contributed by atoms with van der Waals surface area (Å²) >= 11 is 0. The van der Waals surface area contributed by atoms with Gasteiger partial charge in [0.2, 0.25) is 5.82 Å². The Labute approximate surface area is 83.7 Å². The van der Waals surface area contributed by atoms with Gasteiger partial charge in [-0.3, -0.25) is 19.7 Å². The van der Waals surface area contributed by atoms with Gasteiger partial charge in [0.25, 0.3) is 0 Å². The number of carbonyl (C=O) groups excluding carboxylic acids is 2. The maximum Gasteiger partial charge on any atom is 0.315 e. The van der Waals surface area contributed by atoms with E-state index in [0.29, 0.717) is 0 Å². The third-order valence-corrected chi connectivity index (χ3v) is 1.85. The van der Waals surface area contributed by atoms with Crippen LogP contribution in [0.1, 0.15) is 27.6 Å². The Balaban J connectivity index is 3.61. The number of rotatable bonds is 3.